The Kier molecular flexibility index (Phi) is 9.40. The minimum atomic E-state index is -0.908. The van der Waals surface area contributed by atoms with E-state index in [-0.39, 0.29) is 59.8 Å². The second kappa shape index (κ2) is 12.2. The molecule has 2 heterocycles. The molecule has 0 unspecified atom stereocenters. The second-order valence-electron chi connectivity index (χ2n) is 10.5. The molecular formula is C29H35BrN4O6. The summed E-state index contributed by atoms with van der Waals surface area (Å²) in [6.45, 7) is 6.76. The molecule has 0 spiro atoms. The molecule has 0 saturated carbocycles. The van der Waals surface area contributed by atoms with Crippen molar-refractivity contribution < 1.29 is 29.0 Å². The van der Waals surface area contributed by atoms with Crippen molar-refractivity contribution in [2.75, 3.05) is 31.6 Å². The van der Waals surface area contributed by atoms with Crippen molar-refractivity contribution in [2.24, 2.45) is 0 Å². The third kappa shape index (κ3) is 6.04. The predicted octanol–water partition coefficient (Wildman–Crippen LogP) is 3.93. The van der Waals surface area contributed by atoms with Gasteiger partial charge in [-0.15, -0.1) is 17.0 Å². The lowest BCUT2D eigenvalue weighted by atomic mass is 9.76. The molecule has 2 aliphatic heterocycles. The lowest BCUT2D eigenvalue weighted by Crippen LogP contribution is -2.42. The largest absolute Gasteiger partial charge is 0.493 e. The van der Waals surface area contributed by atoms with Crippen LogP contribution in [0.2, 0.25) is 0 Å². The summed E-state index contributed by atoms with van der Waals surface area (Å²) in [6, 6.07) is 8.67. The number of aliphatic carboxylic acids is 1. The van der Waals surface area contributed by atoms with Crippen molar-refractivity contribution in [3.63, 3.8) is 0 Å². The van der Waals surface area contributed by atoms with Gasteiger partial charge < -0.3 is 25.0 Å². The van der Waals surface area contributed by atoms with E-state index in [1.807, 2.05) is 26.8 Å². The molecular weight excluding hydrogens is 580 g/mol. The van der Waals surface area contributed by atoms with Gasteiger partial charge in [-0.05, 0) is 54.8 Å². The van der Waals surface area contributed by atoms with E-state index in [0.29, 0.717) is 54.2 Å². The number of hydrogen-bond donors (Lipinski definition) is 3. The maximum Gasteiger partial charge on any atom is 0.303 e. The number of halogens is 1. The molecule has 3 N–H and O–H groups in total. The molecule has 2 aromatic carbocycles. The molecule has 0 radical (unpaired) electrons. The molecule has 0 bridgehead atoms. The van der Waals surface area contributed by atoms with E-state index in [2.05, 4.69) is 5.32 Å². The van der Waals surface area contributed by atoms with Gasteiger partial charge in [-0.25, -0.2) is 0 Å². The van der Waals surface area contributed by atoms with Crippen LogP contribution in [-0.2, 0) is 21.5 Å². The van der Waals surface area contributed by atoms with Gasteiger partial charge in [-0.3, -0.25) is 24.6 Å². The number of benzene rings is 2. The van der Waals surface area contributed by atoms with Crippen molar-refractivity contribution in [3.8, 4) is 5.75 Å². The van der Waals surface area contributed by atoms with Crippen LogP contribution in [0.3, 0.4) is 0 Å². The average molecular weight is 616 g/mol. The van der Waals surface area contributed by atoms with Crippen LogP contribution in [0.4, 0.5) is 5.69 Å². The minimum absolute atomic E-state index is 0. The quantitative estimate of drug-likeness (QED) is 0.344. The van der Waals surface area contributed by atoms with Gasteiger partial charge in [-0.1, -0.05) is 13.8 Å². The fraction of sp³-hybridized carbons (Fsp3) is 0.414. The lowest BCUT2D eigenvalue weighted by Gasteiger charge is -2.39. The molecule has 0 saturated heterocycles. The summed E-state index contributed by atoms with van der Waals surface area (Å²) >= 11 is 0. The van der Waals surface area contributed by atoms with Gasteiger partial charge in [0.15, 0.2) is 5.78 Å². The van der Waals surface area contributed by atoms with E-state index in [0.717, 1.165) is 11.1 Å². The van der Waals surface area contributed by atoms with E-state index in [4.69, 9.17) is 15.3 Å². The van der Waals surface area contributed by atoms with Gasteiger partial charge >= 0.3 is 5.97 Å². The number of carboxylic acid groups (broad SMARTS) is 1. The van der Waals surface area contributed by atoms with Gasteiger partial charge in [0.1, 0.15) is 11.6 Å². The van der Waals surface area contributed by atoms with Crippen molar-refractivity contribution in [3.05, 3.63) is 58.1 Å². The Hall–Kier alpha value is -3.73. The smallest absolute Gasteiger partial charge is 0.303 e. The predicted molar refractivity (Wildman–Crippen MR) is 156 cm³/mol. The van der Waals surface area contributed by atoms with Crippen LogP contribution in [0.25, 0.3) is 0 Å². The third-order valence-electron chi connectivity index (χ3n) is 7.25. The highest BCUT2D eigenvalue weighted by Gasteiger charge is 2.37. The van der Waals surface area contributed by atoms with Crippen molar-refractivity contribution in [2.45, 2.75) is 52.0 Å². The molecule has 0 aliphatic carbocycles. The van der Waals surface area contributed by atoms with Gasteiger partial charge in [-0.2, -0.15) is 0 Å². The molecule has 10 nitrogen and oxygen atoms in total. The summed E-state index contributed by atoms with van der Waals surface area (Å²) in [5.41, 5.74) is 3.29. The number of rotatable bonds is 10. The van der Waals surface area contributed by atoms with Crippen LogP contribution in [0, 0.1) is 5.41 Å². The van der Waals surface area contributed by atoms with Crippen LogP contribution >= 0.6 is 17.0 Å². The Labute approximate surface area is 244 Å². The Morgan fingerprint density at radius 2 is 1.90 bits per heavy atom. The molecule has 4 rings (SSSR count). The Bertz CT molecular complexity index is 1370. The van der Waals surface area contributed by atoms with E-state index in [1.54, 1.807) is 34.1 Å². The number of nitrogens with one attached hydrogen (secondary N) is 2. The van der Waals surface area contributed by atoms with Crippen molar-refractivity contribution >= 4 is 52.1 Å². The SMILES string of the molecule is Br.CCOc1cc2c(cc1C(=O)NC)C(=N)N(CC(=O)c1ccc3c(c1)C(C)(C)CC(=O)N3CCCC(=O)O)C2. The van der Waals surface area contributed by atoms with Gasteiger partial charge in [0.25, 0.3) is 5.91 Å². The summed E-state index contributed by atoms with van der Waals surface area (Å²) in [5, 5.41) is 20.3. The number of nitrogens with zero attached hydrogens (tertiary/aromatic N) is 2. The Morgan fingerprint density at radius 3 is 2.55 bits per heavy atom. The number of fused-ring (bicyclic) bond motifs is 2. The van der Waals surface area contributed by atoms with Crippen LogP contribution in [0.1, 0.15) is 77.4 Å². The zero-order valence-corrected chi connectivity index (χ0v) is 24.8. The number of carboxylic acids is 1. The summed E-state index contributed by atoms with van der Waals surface area (Å²) in [7, 11) is 1.53. The first kappa shape index (κ1) is 30.8. The first-order valence-corrected chi connectivity index (χ1v) is 13.0. The first-order valence-electron chi connectivity index (χ1n) is 13.0. The monoisotopic (exact) mass is 614 g/mol. The van der Waals surface area contributed by atoms with E-state index < -0.39 is 11.4 Å². The summed E-state index contributed by atoms with van der Waals surface area (Å²) < 4.78 is 5.66. The Balaban J connectivity index is 0.00000441. The van der Waals surface area contributed by atoms with Crippen LogP contribution in [0.15, 0.2) is 30.3 Å². The maximum absolute atomic E-state index is 13.4. The lowest BCUT2D eigenvalue weighted by molar-refractivity contribution is -0.137. The van der Waals surface area contributed by atoms with Gasteiger partial charge in [0.05, 0.1) is 18.7 Å². The highest BCUT2D eigenvalue weighted by Crippen LogP contribution is 2.41. The summed E-state index contributed by atoms with van der Waals surface area (Å²) in [4.78, 5) is 52.9. The van der Waals surface area contributed by atoms with Crippen molar-refractivity contribution in [1.29, 1.82) is 5.41 Å². The van der Waals surface area contributed by atoms with Crippen molar-refractivity contribution in [1.82, 2.24) is 10.2 Å². The molecule has 214 valence electrons. The zero-order valence-electron chi connectivity index (χ0n) is 23.1. The number of amidine groups is 1. The minimum Gasteiger partial charge on any atom is -0.493 e. The fourth-order valence-corrected chi connectivity index (χ4v) is 5.24. The van der Waals surface area contributed by atoms with E-state index >= 15 is 0 Å². The number of ketones is 1. The molecule has 0 atom stereocenters. The maximum atomic E-state index is 13.4. The number of carbonyl (C=O) groups is 4. The molecule has 2 aliphatic rings. The van der Waals surface area contributed by atoms with Crippen LogP contribution < -0.4 is 15.0 Å². The number of carbonyl (C=O) groups excluding carboxylic acids is 3. The zero-order chi connectivity index (χ0) is 28.5. The molecule has 2 aromatic rings. The van der Waals surface area contributed by atoms with Crippen LogP contribution in [-0.4, -0.2) is 66.2 Å². The molecule has 40 heavy (non-hydrogen) atoms. The number of ether oxygens (including phenoxy) is 1. The second-order valence-corrected chi connectivity index (χ2v) is 10.5. The number of Topliss-reactive ketones (excluding diaryl/α,β-unsaturated/α-hetero) is 1. The topological polar surface area (TPSA) is 140 Å². The molecule has 0 aromatic heterocycles. The Morgan fingerprint density at radius 1 is 1.18 bits per heavy atom. The third-order valence-corrected chi connectivity index (χ3v) is 7.25. The summed E-state index contributed by atoms with van der Waals surface area (Å²) in [5.74, 6) is -0.846. The number of amides is 2. The number of hydrogen-bond acceptors (Lipinski definition) is 6. The average Bonchev–Trinajstić information content (AvgIpc) is 3.18. The van der Waals surface area contributed by atoms with Crippen LogP contribution in [0.5, 0.6) is 5.75 Å². The normalized spacial score (nSPS) is 15.2. The highest BCUT2D eigenvalue weighted by molar-refractivity contribution is 8.93. The highest BCUT2D eigenvalue weighted by atomic mass is 79.9. The standard InChI is InChI=1S/C29H34N4O6.BrH/c1-5-39-24-12-18-15-32(27(30)19(18)13-20(24)28(38)31-4)16-23(34)17-8-9-22-21(11-17)29(2,3)14-25(35)33(22)10-6-7-26(36)37;/h8-9,11-13,30H,5-7,10,14-16H2,1-4H3,(H,31,38)(H,36,37);1H. The van der Waals surface area contributed by atoms with E-state index in [9.17, 15) is 19.2 Å². The molecule has 2 amide bonds. The number of anilines is 1. The summed E-state index contributed by atoms with van der Waals surface area (Å²) in [6.07, 6.45) is 0.568. The molecule has 11 heteroatoms. The van der Waals surface area contributed by atoms with Gasteiger partial charge in [0, 0.05) is 55.2 Å². The van der Waals surface area contributed by atoms with Gasteiger partial charge in [0.2, 0.25) is 5.91 Å². The fourth-order valence-electron chi connectivity index (χ4n) is 5.24. The first-order chi connectivity index (χ1) is 18.5. The molecule has 0 fully saturated rings. The van der Waals surface area contributed by atoms with E-state index in [1.165, 1.54) is 7.05 Å².